The number of rotatable bonds is 44. The first-order chi connectivity index (χ1) is 32.0. The monoisotopic (exact) mass is 897 g/mol. The van der Waals surface area contributed by atoms with Crippen molar-refractivity contribution >= 4 is 17.9 Å². The first-order valence-corrected chi connectivity index (χ1v) is 25.7. The molecule has 6 heteroatoms. The lowest BCUT2D eigenvalue weighted by Gasteiger charge is -2.18. The molecule has 1 atom stereocenters. The van der Waals surface area contributed by atoms with Gasteiger partial charge in [-0.15, -0.1) is 0 Å². The van der Waals surface area contributed by atoms with Gasteiger partial charge < -0.3 is 14.2 Å². The third-order valence-corrected chi connectivity index (χ3v) is 10.2. The van der Waals surface area contributed by atoms with Gasteiger partial charge in [-0.25, -0.2) is 0 Å². The molecule has 0 aromatic carbocycles. The minimum atomic E-state index is -0.828. The molecule has 0 saturated carbocycles. The van der Waals surface area contributed by atoms with Crippen LogP contribution in [0, 0.1) is 0 Å². The predicted octanol–water partition coefficient (Wildman–Crippen LogP) is 17.1. The van der Waals surface area contributed by atoms with E-state index in [2.05, 4.69) is 154 Å². The second-order valence-electron chi connectivity index (χ2n) is 16.4. The highest BCUT2D eigenvalue weighted by atomic mass is 16.6. The quantitative estimate of drug-likeness (QED) is 0.0199. The lowest BCUT2D eigenvalue weighted by molar-refractivity contribution is -0.167. The fourth-order valence-corrected chi connectivity index (χ4v) is 6.41. The van der Waals surface area contributed by atoms with E-state index in [1.807, 2.05) is 0 Å². The number of ether oxygens (including phenoxy) is 3. The summed E-state index contributed by atoms with van der Waals surface area (Å²) in [4.78, 5) is 38.0. The number of hydrogen-bond acceptors (Lipinski definition) is 6. The Morgan fingerprint density at radius 1 is 0.338 bits per heavy atom. The summed E-state index contributed by atoms with van der Waals surface area (Å²) >= 11 is 0. The van der Waals surface area contributed by atoms with Crippen LogP contribution in [0.3, 0.4) is 0 Å². The zero-order valence-corrected chi connectivity index (χ0v) is 41.4. The minimum absolute atomic E-state index is 0.121. The lowest BCUT2D eigenvalue weighted by Crippen LogP contribution is -2.30. The van der Waals surface area contributed by atoms with Gasteiger partial charge in [-0.1, -0.05) is 206 Å². The molecule has 0 rings (SSSR count). The molecule has 0 aromatic rings. The van der Waals surface area contributed by atoms with E-state index >= 15 is 0 Å². The molecular formula is C59H92O6. The number of esters is 3. The summed E-state index contributed by atoms with van der Waals surface area (Å²) in [6, 6.07) is 0. The number of carbonyl (C=O) groups is 3. The lowest BCUT2D eigenvalue weighted by atomic mass is 10.1. The van der Waals surface area contributed by atoms with Crippen LogP contribution in [-0.2, 0) is 28.6 Å². The summed E-state index contributed by atoms with van der Waals surface area (Å²) in [5.41, 5.74) is 0. The molecule has 0 N–H and O–H groups in total. The third-order valence-electron chi connectivity index (χ3n) is 10.2. The predicted molar refractivity (Wildman–Crippen MR) is 279 cm³/mol. The van der Waals surface area contributed by atoms with Crippen LogP contribution in [0.25, 0.3) is 0 Å². The summed E-state index contributed by atoms with van der Waals surface area (Å²) in [7, 11) is 0. The fourth-order valence-electron chi connectivity index (χ4n) is 6.41. The first-order valence-electron chi connectivity index (χ1n) is 25.7. The van der Waals surface area contributed by atoms with E-state index < -0.39 is 6.10 Å². The average molecular weight is 897 g/mol. The molecule has 0 amide bonds. The highest BCUT2D eigenvalue weighted by Crippen LogP contribution is 2.12. The highest BCUT2D eigenvalue weighted by molar-refractivity contribution is 5.71. The topological polar surface area (TPSA) is 78.9 Å². The van der Waals surface area contributed by atoms with Gasteiger partial charge in [0.05, 0.1) is 0 Å². The van der Waals surface area contributed by atoms with Crippen molar-refractivity contribution in [1.82, 2.24) is 0 Å². The van der Waals surface area contributed by atoms with Gasteiger partial charge in [0.1, 0.15) is 13.2 Å². The van der Waals surface area contributed by atoms with Crippen LogP contribution >= 0.6 is 0 Å². The van der Waals surface area contributed by atoms with Gasteiger partial charge in [0.15, 0.2) is 6.10 Å². The Morgan fingerprint density at radius 3 is 1.12 bits per heavy atom. The zero-order chi connectivity index (χ0) is 47.2. The Labute approximate surface area is 398 Å². The first kappa shape index (κ1) is 60.5. The van der Waals surface area contributed by atoms with Gasteiger partial charge in [0.25, 0.3) is 0 Å². The zero-order valence-electron chi connectivity index (χ0n) is 41.4. The van der Waals surface area contributed by atoms with E-state index in [0.29, 0.717) is 19.3 Å². The van der Waals surface area contributed by atoms with Gasteiger partial charge in [-0.3, -0.25) is 14.4 Å². The van der Waals surface area contributed by atoms with Crippen LogP contribution in [0.15, 0.2) is 134 Å². The van der Waals surface area contributed by atoms with E-state index in [1.165, 1.54) is 19.3 Å². The number of allylic oxidation sites excluding steroid dienone is 22. The van der Waals surface area contributed by atoms with Crippen LogP contribution in [0.4, 0.5) is 0 Å². The van der Waals surface area contributed by atoms with E-state index in [0.717, 1.165) is 135 Å². The van der Waals surface area contributed by atoms with Gasteiger partial charge >= 0.3 is 17.9 Å². The molecule has 0 heterocycles. The van der Waals surface area contributed by atoms with Crippen molar-refractivity contribution in [3.8, 4) is 0 Å². The third kappa shape index (κ3) is 50.4. The Morgan fingerprint density at radius 2 is 0.677 bits per heavy atom. The Hall–Kier alpha value is -4.45. The maximum atomic E-state index is 12.8. The summed E-state index contributed by atoms with van der Waals surface area (Å²) < 4.78 is 16.7. The Bertz CT molecular complexity index is 1450. The molecule has 6 nitrogen and oxygen atoms in total. The van der Waals surface area contributed by atoms with Crippen molar-refractivity contribution < 1.29 is 28.6 Å². The molecule has 0 aliphatic carbocycles. The summed E-state index contributed by atoms with van der Waals surface area (Å²) in [5, 5.41) is 0. The van der Waals surface area contributed by atoms with Gasteiger partial charge in [0, 0.05) is 19.3 Å². The number of carbonyl (C=O) groups excluding carboxylic acids is 3. The maximum absolute atomic E-state index is 12.8. The van der Waals surface area contributed by atoms with Crippen LogP contribution < -0.4 is 0 Å². The smallest absolute Gasteiger partial charge is 0.306 e. The molecule has 1 unspecified atom stereocenters. The van der Waals surface area contributed by atoms with Gasteiger partial charge in [-0.05, 0) is 109 Å². The van der Waals surface area contributed by atoms with Crippen molar-refractivity contribution in [3.63, 3.8) is 0 Å². The van der Waals surface area contributed by atoms with Crippen LogP contribution in [0.1, 0.15) is 201 Å². The molecule has 0 aliphatic rings. The standard InChI is InChI=1S/C59H92O6/c1-4-7-10-13-16-19-22-25-27-29-31-32-34-37-40-43-46-49-52-58(61)64-55-56(54-63-57(60)51-48-45-42-39-36-24-21-18-15-12-9-6-3)65-59(62)53-50-47-44-41-38-35-33-30-28-26-23-20-17-14-11-8-5-2/h8-9,11-12,16-22,25-29,31-33,35,41,44,56H,4-7,10,13-15,23-24,30,34,36-40,42-43,45-55H2,1-3H3/b11-8-,12-9-,19-16-,20-17-,21-18-,25-22-,28-26-,29-27-,32-31-,35-33-,44-41-. The Balaban J connectivity index is 4.57. The molecule has 0 spiro atoms. The summed E-state index contributed by atoms with van der Waals surface area (Å²) in [6.45, 7) is 6.27. The van der Waals surface area contributed by atoms with Crippen LogP contribution in [0.2, 0.25) is 0 Å². The largest absolute Gasteiger partial charge is 0.462 e. The molecule has 0 saturated heterocycles. The molecule has 65 heavy (non-hydrogen) atoms. The van der Waals surface area contributed by atoms with Crippen molar-refractivity contribution in [2.75, 3.05) is 13.2 Å². The van der Waals surface area contributed by atoms with Gasteiger partial charge in [0.2, 0.25) is 0 Å². The normalized spacial score (nSPS) is 13.2. The van der Waals surface area contributed by atoms with Crippen LogP contribution in [-0.4, -0.2) is 37.2 Å². The number of unbranched alkanes of at least 4 members (excludes halogenated alkanes) is 14. The van der Waals surface area contributed by atoms with E-state index in [1.54, 1.807) is 0 Å². The summed E-state index contributed by atoms with van der Waals surface area (Å²) in [6.07, 6.45) is 72.9. The number of hydrogen-bond donors (Lipinski definition) is 0. The molecule has 0 aliphatic heterocycles. The fraction of sp³-hybridized carbons (Fsp3) is 0.576. The maximum Gasteiger partial charge on any atom is 0.306 e. The molecule has 0 radical (unpaired) electrons. The van der Waals surface area contributed by atoms with Crippen molar-refractivity contribution in [2.45, 2.75) is 207 Å². The van der Waals surface area contributed by atoms with Crippen molar-refractivity contribution in [2.24, 2.45) is 0 Å². The van der Waals surface area contributed by atoms with E-state index in [-0.39, 0.29) is 37.5 Å². The second kappa shape index (κ2) is 52.2. The molecule has 0 fully saturated rings. The molecule has 364 valence electrons. The minimum Gasteiger partial charge on any atom is -0.462 e. The SMILES string of the molecule is CC/C=C\C/C=C\C/C=C\C/C=C\C/C=C\CCCC(=O)OC(COC(=O)CCCCCCC\C=C/C=C\C=C/C=C\CCCCC)COC(=O)CCCCCCC/C=C\C/C=C\CC. The summed E-state index contributed by atoms with van der Waals surface area (Å²) in [5.74, 6) is -1.03. The molecule has 0 aromatic heterocycles. The Kier molecular flexibility index (Phi) is 48.6. The molecule has 0 bridgehead atoms. The van der Waals surface area contributed by atoms with E-state index in [9.17, 15) is 14.4 Å². The van der Waals surface area contributed by atoms with Crippen LogP contribution in [0.5, 0.6) is 0 Å². The average Bonchev–Trinajstić information content (AvgIpc) is 3.30. The van der Waals surface area contributed by atoms with E-state index in [4.69, 9.17) is 14.2 Å². The second-order valence-corrected chi connectivity index (χ2v) is 16.4. The van der Waals surface area contributed by atoms with Crippen molar-refractivity contribution in [3.05, 3.63) is 134 Å². The van der Waals surface area contributed by atoms with Crippen molar-refractivity contribution in [1.29, 1.82) is 0 Å². The highest BCUT2D eigenvalue weighted by Gasteiger charge is 2.19. The molecular weight excluding hydrogens is 805 g/mol. The van der Waals surface area contributed by atoms with Gasteiger partial charge in [-0.2, -0.15) is 0 Å².